The Labute approximate surface area is 151 Å². The first kappa shape index (κ1) is 15.2. The zero-order chi connectivity index (χ0) is 16.4. The van der Waals surface area contributed by atoms with Crippen molar-refractivity contribution >= 4 is 22.9 Å². The van der Waals surface area contributed by atoms with Crippen molar-refractivity contribution in [1.29, 1.82) is 0 Å². The molecular weight excluding hydrogens is 332 g/mol. The molecule has 0 saturated carbocycles. The highest BCUT2D eigenvalue weighted by atomic mass is 35.5. The van der Waals surface area contributed by atoms with Gasteiger partial charge in [-0.2, -0.15) is 0 Å². The van der Waals surface area contributed by atoms with Crippen molar-refractivity contribution in [3.63, 3.8) is 0 Å². The molecule has 0 unspecified atom stereocenters. The minimum atomic E-state index is 0.761. The molecule has 1 heterocycles. The Morgan fingerprint density at radius 1 is 0.583 bits per heavy atom. The molecule has 0 fully saturated rings. The Hall–Kier alpha value is -2.35. The molecule has 3 aromatic carbocycles. The Kier molecular flexibility index (Phi) is 4.20. The van der Waals surface area contributed by atoms with Gasteiger partial charge in [0, 0.05) is 21.0 Å². The Balaban J connectivity index is 1.90. The summed E-state index contributed by atoms with van der Waals surface area (Å²) in [5, 5.41) is 2.92. The van der Waals surface area contributed by atoms with E-state index in [-0.39, 0.29) is 0 Å². The largest absolute Gasteiger partial charge is 0.143 e. The first-order valence-electron chi connectivity index (χ1n) is 7.81. The van der Waals surface area contributed by atoms with Crippen LogP contribution in [0.3, 0.4) is 0 Å². The van der Waals surface area contributed by atoms with E-state index in [0.717, 1.165) is 10.6 Å². The van der Waals surface area contributed by atoms with E-state index in [4.69, 9.17) is 11.6 Å². The molecule has 2 heteroatoms. The number of rotatable bonds is 3. The van der Waals surface area contributed by atoms with Crippen LogP contribution in [0.1, 0.15) is 0 Å². The van der Waals surface area contributed by atoms with Crippen molar-refractivity contribution in [3.8, 4) is 32.7 Å². The monoisotopic (exact) mass is 346 g/mol. The van der Waals surface area contributed by atoms with Crippen LogP contribution in [0.25, 0.3) is 32.7 Å². The summed E-state index contributed by atoms with van der Waals surface area (Å²) < 4.78 is 0. The summed E-state index contributed by atoms with van der Waals surface area (Å²) in [5.74, 6) is 0. The van der Waals surface area contributed by atoms with Crippen molar-refractivity contribution in [2.24, 2.45) is 0 Å². The van der Waals surface area contributed by atoms with Crippen LogP contribution >= 0.6 is 22.9 Å². The van der Waals surface area contributed by atoms with Gasteiger partial charge in [-0.05, 0) is 40.3 Å². The molecule has 24 heavy (non-hydrogen) atoms. The van der Waals surface area contributed by atoms with Gasteiger partial charge in [-0.3, -0.25) is 0 Å². The summed E-state index contributed by atoms with van der Waals surface area (Å²) in [4.78, 5) is 1.29. The average molecular weight is 347 g/mol. The Morgan fingerprint density at radius 3 is 2.08 bits per heavy atom. The van der Waals surface area contributed by atoms with Crippen LogP contribution in [0.4, 0.5) is 0 Å². The maximum absolute atomic E-state index is 6.20. The second kappa shape index (κ2) is 6.64. The van der Waals surface area contributed by atoms with Crippen LogP contribution in [0, 0.1) is 0 Å². The van der Waals surface area contributed by atoms with E-state index < -0.39 is 0 Å². The van der Waals surface area contributed by atoms with Crippen LogP contribution in [0.2, 0.25) is 5.02 Å². The smallest absolute Gasteiger partial charge is 0.0427 e. The lowest BCUT2D eigenvalue weighted by Crippen LogP contribution is -1.85. The standard InChI is InChI=1S/C22H15ClS/c23-18-10-6-9-17(15-18)19-11-4-5-12-21(19)22-20(13-14-24-22)16-7-2-1-3-8-16/h1-15H. The molecular formula is C22H15ClS. The first-order chi connectivity index (χ1) is 11.8. The summed E-state index contributed by atoms with van der Waals surface area (Å²) in [7, 11) is 0. The van der Waals surface area contributed by atoms with E-state index in [1.807, 2.05) is 18.2 Å². The summed E-state index contributed by atoms with van der Waals surface area (Å²) in [6.45, 7) is 0. The summed E-state index contributed by atoms with van der Waals surface area (Å²) in [5.41, 5.74) is 6.11. The normalized spacial score (nSPS) is 10.7. The third kappa shape index (κ3) is 2.89. The van der Waals surface area contributed by atoms with Crippen LogP contribution < -0.4 is 0 Å². The van der Waals surface area contributed by atoms with E-state index in [2.05, 4.69) is 72.1 Å². The summed E-state index contributed by atoms with van der Waals surface area (Å²) >= 11 is 7.98. The number of hydrogen-bond acceptors (Lipinski definition) is 1. The van der Waals surface area contributed by atoms with E-state index in [1.165, 1.54) is 27.1 Å². The van der Waals surface area contributed by atoms with E-state index in [0.29, 0.717) is 0 Å². The van der Waals surface area contributed by atoms with Crippen LogP contribution in [0.5, 0.6) is 0 Å². The first-order valence-corrected chi connectivity index (χ1v) is 9.07. The van der Waals surface area contributed by atoms with Gasteiger partial charge < -0.3 is 0 Å². The van der Waals surface area contributed by atoms with Crippen molar-refractivity contribution < 1.29 is 0 Å². The number of hydrogen-bond donors (Lipinski definition) is 0. The topological polar surface area (TPSA) is 0 Å². The molecule has 116 valence electrons. The molecule has 0 bridgehead atoms. The molecule has 0 aliphatic carbocycles. The quantitative estimate of drug-likeness (QED) is 0.362. The molecule has 4 rings (SSSR count). The molecule has 4 aromatic rings. The Morgan fingerprint density at radius 2 is 1.29 bits per heavy atom. The second-order valence-electron chi connectivity index (χ2n) is 5.59. The van der Waals surface area contributed by atoms with Gasteiger partial charge in [-0.1, -0.05) is 78.3 Å². The van der Waals surface area contributed by atoms with E-state index >= 15 is 0 Å². The maximum Gasteiger partial charge on any atom is 0.0427 e. The maximum atomic E-state index is 6.20. The van der Waals surface area contributed by atoms with Gasteiger partial charge in [-0.25, -0.2) is 0 Å². The van der Waals surface area contributed by atoms with Crippen molar-refractivity contribution in [3.05, 3.63) is 95.3 Å². The third-order valence-electron chi connectivity index (χ3n) is 4.06. The van der Waals surface area contributed by atoms with Gasteiger partial charge in [0.1, 0.15) is 0 Å². The highest BCUT2D eigenvalue weighted by molar-refractivity contribution is 7.14. The highest BCUT2D eigenvalue weighted by Gasteiger charge is 2.13. The number of thiophene rings is 1. The highest BCUT2D eigenvalue weighted by Crippen LogP contribution is 2.41. The molecule has 1 aromatic heterocycles. The lowest BCUT2D eigenvalue weighted by Gasteiger charge is -2.11. The molecule has 0 aliphatic rings. The molecule has 0 aliphatic heterocycles. The van der Waals surface area contributed by atoms with Crippen LogP contribution in [0.15, 0.2) is 90.3 Å². The minimum absolute atomic E-state index is 0.761. The molecule has 0 atom stereocenters. The second-order valence-corrected chi connectivity index (χ2v) is 6.94. The molecule has 0 nitrogen and oxygen atoms in total. The SMILES string of the molecule is Clc1cccc(-c2ccccc2-c2sccc2-c2ccccc2)c1. The fraction of sp³-hybridized carbons (Fsp3) is 0. The predicted octanol–water partition coefficient (Wildman–Crippen LogP) is 7.40. The zero-order valence-corrected chi connectivity index (χ0v) is 14.5. The molecule has 0 saturated heterocycles. The van der Waals surface area contributed by atoms with Gasteiger partial charge in [0.25, 0.3) is 0 Å². The Bertz CT molecular complexity index is 970. The number of benzene rings is 3. The lowest BCUT2D eigenvalue weighted by atomic mass is 9.95. The summed E-state index contributed by atoms with van der Waals surface area (Å²) in [6, 6.07) is 29.3. The van der Waals surface area contributed by atoms with Crippen molar-refractivity contribution in [1.82, 2.24) is 0 Å². The fourth-order valence-corrected chi connectivity index (χ4v) is 4.10. The van der Waals surface area contributed by atoms with Crippen LogP contribution in [-0.2, 0) is 0 Å². The van der Waals surface area contributed by atoms with Crippen molar-refractivity contribution in [2.45, 2.75) is 0 Å². The third-order valence-corrected chi connectivity index (χ3v) is 5.24. The van der Waals surface area contributed by atoms with Gasteiger partial charge in [0.2, 0.25) is 0 Å². The van der Waals surface area contributed by atoms with Gasteiger partial charge in [-0.15, -0.1) is 11.3 Å². The van der Waals surface area contributed by atoms with Gasteiger partial charge in [0.05, 0.1) is 0 Å². The van der Waals surface area contributed by atoms with E-state index in [9.17, 15) is 0 Å². The minimum Gasteiger partial charge on any atom is -0.143 e. The number of halogens is 1. The molecule has 0 radical (unpaired) electrons. The van der Waals surface area contributed by atoms with Crippen LogP contribution in [-0.4, -0.2) is 0 Å². The van der Waals surface area contributed by atoms with Gasteiger partial charge >= 0.3 is 0 Å². The summed E-state index contributed by atoms with van der Waals surface area (Å²) in [6.07, 6.45) is 0. The lowest BCUT2D eigenvalue weighted by molar-refractivity contribution is 1.61. The average Bonchev–Trinajstić information content (AvgIpc) is 3.12. The fourth-order valence-electron chi connectivity index (χ4n) is 2.95. The predicted molar refractivity (Wildman–Crippen MR) is 106 cm³/mol. The van der Waals surface area contributed by atoms with Gasteiger partial charge in [0.15, 0.2) is 0 Å². The molecule has 0 spiro atoms. The van der Waals surface area contributed by atoms with E-state index in [1.54, 1.807) is 11.3 Å². The zero-order valence-electron chi connectivity index (χ0n) is 12.9. The molecule has 0 amide bonds. The van der Waals surface area contributed by atoms with Crippen molar-refractivity contribution in [2.75, 3.05) is 0 Å². The molecule has 0 N–H and O–H groups in total.